The molecule has 0 spiro atoms. The molecule has 28 heavy (non-hydrogen) atoms. The van der Waals surface area contributed by atoms with E-state index in [1.807, 2.05) is 12.1 Å². The quantitative estimate of drug-likeness (QED) is 0.496. The second-order valence-corrected chi connectivity index (χ2v) is 6.23. The van der Waals surface area contributed by atoms with E-state index >= 15 is 0 Å². The molecule has 1 aliphatic rings. The van der Waals surface area contributed by atoms with E-state index in [9.17, 15) is 14.6 Å². The number of imidazole rings is 1. The van der Waals surface area contributed by atoms with Gasteiger partial charge in [0.05, 0.1) is 12.9 Å². The lowest BCUT2D eigenvalue weighted by atomic mass is 10.1. The molecule has 3 aromatic heterocycles. The fraction of sp³-hybridized carbons (Fsp3) is 0.312. The van der Waals surface area contributed by atoms with Gasteiger partial charge in [0.25, 0.3) is 5.88 Å². The zero-order valence-corrected chi connectivity index (χ0v) is 14.2. The van der Waals surface area contributed by atoms with Crippen molar-refractivity contribution in [2.75, 3.05) is 6.61 Å². The SMILES string of the molecule is OC[C@H]1OC(n2cnc3c(On4nnc5ccccc54)ncnc32)[C@H](F)[C@@H]1O. The van der Waals surface area contributed by atoms with Crippen LogP contribution in [0.5, 0.6) is 5.88 Å². The van der Waals surface area contributed by atoms with Crippen LogP contribution in [-0.4, -0.2) is 69.9 Å². The first-order chi connectivity index (χ1) is 13.7. The van der Waals surface area contributed by atoms with Crippen molar-refractivity contribution in [3.05, 3.63) is 36.9 Å². The summed E-state index contributed by atoms with van der Waals surface area (Å²) in [6.07, 6.45) is -2.88. The van der Waals surface area contributed by atoms with Crippen LogP contribution in [0.3, 0.4) is 0 Å². The van der Waals surface area contributed by atoms with Crippen LogP contribution in [0.15, 0.2) is 36.9 Å². The van der Waals surface area contributed by atoms with Crippen LogP contribution in [0, 0.1) is 0 Å². The van der Waals surface area contributed by atoms with Gasteiger partial charge in [-0.2, -0.15) is 4.98 Å². The monoisotopic (exact) mass is 387 g/mol. The minimum Gasteiger partial charge on any atom is -0.394 e. The van der Waals surface area contributed by atoms with Gasteiger partial charge >= 0.3 is 0 Å². The van der Waals surface area contributed by atoms with Gasteiger partial charge in [0.15, 0.2) is 23.6 Å². The Kier molecular flexibility index (Phi) is 3.89. The predicted molar refractivity (Wildman–Crippen MR) is 90.8 cm³/mol. The van der Waals surface area contributed by atoms with Gasteiger partial charge in [-0.3, -0.25) is 4.57 Å². The zero-order valence-electron chi connectivity index (χ0n) is 14.2. The smallest absolute Gasteiger partial charge is 0.280 e. The second kappa shape index (κ2) is 6.44. The van der Waals surface area contributed by atoms with E-state index in [2.05, 4.69) is 25.3 Å². The van der Waals surface area contributed by atoms with Gasteiger partial charge < -0.3 is 19.8 Å². The zero-order chi connectivity index (χ0) is 19.3. The van der Waals surface area contributed by atoms with Crippen LogP contribution in [0.1, 0.15) is 6.23 Å². The molecular weight excluding hydrogens is 373 g/mol. The molecule has 1 fully saturated rings. The average Bonchev–Trinajstić information content (AvgIpc) is 3.40. The molecule has 0 radical (unpaired) electrons. The Labute approximate surface area is 155 Å². The molecule has 2 N–H and O–H groups in total. The van der Waals surface area contributed by atoms with Gasteiger partial charge in [-0.05, 0) is 17.3 Å². The highest BCUT2D eigenvalue weighted by molar-refractivity contribution is 5.77. The number of hydrogen-bond donors (Lipinski definition) is 2. The van der Waals surface area contributed by atoms with Gasteiger partial charge in [-0.1, -0.05) is 17.0 Å². The molecule has 1 aromatic carbocycles. The molecule has 0 bridgehead atoms. The number of fused-ring (bicyclic) bond motifs is 2. The molecule has 4 aromatic rings. The van der Waals surface area contributed by atoms with Gasteiger partial charge in [-0.15, -0.1) is 5.10 Å². The van der Waals surface area contributed by atoms with Crippen LogP contribution in [0.4, 0.5) is 4.39 Å². The van der Waals surface area contributed by atoms with Crippen molar-refractivity contribution in [3.63, 3.8) is 0 Å². The molecule has 1 aliphatic heterocycles. The Morgan fingerprint density at radius 2 is 2.07 bits per heavy atom. The normalized spacial score (nSPS) is 25.0. The van der Waals surface area contributed by atoms with E-state index in [1.165, 1.54) is 22.1 Å². The molecule has 11 nitrogen and oxygen atoms in total. The summed E-state index contributed by atoms with van der Waals surface area (Å²) in [5, 5.41) is 27.0. The van der Waals surface area contributed by atoms with Crippen LogP contribution in [0.25, 0.3) is 22.2 Å². The lowest BCUT2D eigenvalue weighted by molar-refractivity contribution is -0.0459. The molecule has 12 heteroatoms. The Balaban J connectivity index is 1.53. The lowest BCUT2D eigenvalue weighted by Gasteiger charge is -2.14. The van der Waals surface area contributed by atoms with Gasteiger partial charge in [0.2, 0.25) is 0 Å². The number of nitrogens with zero attached hydrogens (tertiary/aromatic N) is 7. The van der Waals surface area contributed by atoms with Crippen LogP contribution >= 0.6 is 0 Å². The maximum atomic E-state index is 14.5. The number of aromatic nitrogens is 7. The summed E-state index contributed by atoms with van der Waals surface area (Å²) in [6, 6.07) is 7.21. The van der Waals surface area contributed by atoms with Crippen LogP contribution < -0.4 is 4.84 Å². The number of benzene rings is 1. The topological polar surface area (TPSA) is 133 Å². The fourth-order valence-electron chi connectivity index (χ4n) is 3.16. The number of ether oxygens (including phenoxy) is 1. The summed E-state index contributed by atoms with van der Waals surface area (Å²) in [5.41, 5.74) is 1.76. The number of hydrogen-bond acceptors (Lipinski definition) is 9. The first-order valence-corrected chi connectivity index (χ1v) is 8.42. The molecule has 0 aliphatic carbocycles. The number of aliphatic hydroxyl groups excluding tert-OH is 2. The summed E-state index contributed by atoms with van der Waals surface area (Å²) in [5.74, 6) is 0.0899. The number of halogens is 1. The summed E-state index contributed by atoms with van der Waals surface area (Å²) < 4.78 is 21.2. The molecule has 1 saturated heterocycles. The first kappa shape index (κ1) is 16.9. The highest BCUT2D eigenvalue weighted by Gasteiger charge is 2.45. The van der Waals surface area contributed by atoms with Gasteiger partial charge in [-0.25, -0.2) is 14.4 Å². The highest BCUT2D eigenvalue weighted by Crippen LogP contribution is 2.34. The Hall–Kier alpha value is -3.22. The first-order valence-electron chi connectivity index (χ1n) is 8.42. The largest absolute Gasteiger partial charge is 0.394 e. The van der Waals surface area contributed by atoms with E-state index in [-0.39, 0.29) is 17.0 Å². The molecule has 1 unspecified atom stereocenters. The van der Waals surface area contributed by atoms with E-state index in [0.29, 0.717) is 11.0 Å². The van der Waals surface area contributed by atoms with E-state index in [4.69, 9.17) is 9.57 Å². The number of para-hydroxylation sites is 1. The predicted octanol–water partition coefficient (Wildman–Crippen LogP) is 0.00180. The maximum absolute atomic E-state index is 14.5. The standard InChI is InChI=1S/C16H14FN7O4/c17-11-13(26)10(5-25)27-16(11)23-7-20-12-14(23)18-6-19-15(12)28-24-9-4-2-1-3-8(9)21-22-24/h1-4,6-7,10-11,13,16,25-26H,5H2/t10-,11-,13-,16?/m1/s1. The number of alkyl halides is 1. The summed E-state index contributed by atoms with van der Waals surface area (Å²) in [4.78, 5) is 19.3. The van der Waals surface area contributed by atoms with Crippen LogP contribution in [0.2, 0.25) is 0 Å². The molecular formula is C16H14FN7O4. The van der Waals surface area contributed by atoms with Crippen molar-refractivity contribution in [3.8, 4) is 5.88 Å². The van der Waals surface area contributed by atoms with Crippen molar-refractivity contribution >= 4 is 22.2 Å². The minimum absolute atomic E-state index is 0.0899. The molecule has 144 valence electrons. The van der Waals surface area contributed by atoms with Gasteiger partial charge in [0.1, 0.15) is 29.6 Å². The van der Waals surface area contributed by atoms with Crippen molar-refractivity contribution in [1.29, 1.82) is 0 Å². The third-order valence-corrected chi connectivity index (χ3v) is 4.57. The van der Waals surface area contributed by atoms with E-state index in [0.717, 1.165) is 0 Å². The summed E-state index contributed by atoms with van der Waals surface area (Å²) in [6.45, 7) is -0.507. The van der Waals surface area contributed by atoms with E-state index in [1.54, 1.807) is 12.1 Å². The number of aliphatic hydroxyl groups is 2. The van der Waals surface area contributed by atoms with Crippen molar-refractivity contribution in [1.82, 2.24) is 34.7 Å². The fourth-order valence-corrected chi connectivity index (χ4v) is 3.16. The van der Waals surface area contributed by atoms with Crippen molar-refractivity contribution in [2.45, 2.75) is 24.6 Å². The third kappa shape index (κ3) is 2.50. The Morgan fingerprint density at radius 3 is 2.89 bits per heavy atom. The van der Waals surface area contributed by atoms with Crippen molar-refractivity contribution in [2.24, 2.45) is 0 Å². The molecule has 4 heterocycles. The molecule has 4 atom stereocenters. The summed E-state index contributed by atoms with van der Waals surface area (Å²) >= 11 is 0. The molecule has 5 rings (SSSR count). The number of rotatable bonds is 4. The highest BCUT2D eigenvalue weighted by atomic mass is 19.1. The third-order valence-electron chi connectivity index (χ3n) is 4.57. The molecule has 0 amide bonds. The van der Waals surface area contributed by atoms with E-state index < -0.39 is 31.2 Å². The Bertz CT molecular complexity index is 1150. The molecule has 0 saturated carbocycles. The second-order valence-electron chi connectivity index (χ2n) is 6.23. The lowest BCUT2D eigenvalue weighted by Crippen LogP contribution is -2.30. The Morgan fingerprint density at radius 1 is 1.21 bits per heavy atom. The van der Waals surface area contributed by atoms with Crippen LogP contribution in [-0.2, 0) is 4.74 Å². The van der Waals surface area contributed by atoms with Crippen molar-refractivity contribution < 1.29 is 24.2 Å². The minimum atomic E-state index is -1.76. The average molecular weight is 387 g/mol. The van der Waals surface area contributed by atoms with Gasteiger partial charge in [0, 0.05) is 0 Å². The maximum Gasteiger partial charge on any atom is 0.280 e. The summed E-state index contributed by atoms with van der Waals surface area (Å²) in [7, 11) is 0.